The van der Waals surface area contributed by atoms with Crippen molar-refractivity contribution in [1.82, 2.24) is 10.3 Å². The van der Waals surface area contributed by atoms with Gasteiger partial charge in [-0.05, 0) is 18.2 Å². The van der Waals surface area contributed by atoms with Gasteiger partial charge in [0.25, 0.3) is 11.8 Å². The quantitative estimate of drug-likeness (QED) is 0.550. The highest BCUT2D eigenvalue weighted by molar-refractivity contribution is 7.14. The van der Waals surface area contributed by atoms with Crippen LogP contribution in [-0.4, -0.2) is 53.9 Å². The zero-order valence-electron chi connectivity index (χ0n) is 15.7. The van der Waals surface area contributed by atoms with Gasteiger partial charge in [-0.3, -0.25) is 9.59 Å². The zero-order chi connectivity index (χ0) is 20.9. The van der Waals surface area contributed by atoms with Crippen LogP contribution in [0.1, 0.15) is 26.7 Å². The van der Waals surface area contributed by atoms with Crippen LogP contribution in [0.25, 0.3) is 11.3 Å². The molecule has 10 heteroatoms. The smallest absolute Gasteiger partial charge is 0.277 e. The van der Waals surface area contributed by atoms with Crippen molar-refractivity contribution in [2.24, 2.45) is 5.73 Å². The summed E-state index contributed by atoms with van der Waals surface area (Å²) in [7, 11) is 0. The molecule has 0 radical (unpaired) electrons. The molecule has 2 fully saturated rings. The van der Waals surface area contributed by atoms with Gasteiger partial charge in [0.1, 0.15) is 12.4 Å². The molecule has 1 spiro atoms. The van der Waals surface area contributed by atoms with E-state index in [-0.39, 0.29) is 18.0 Å². The first-order chi connectivity index (χ1) is 14.4. The highest BCUT2D eigenvalue weighted by atomic mass is 32.1. The van der Waals surface area contributed by atoms with E-state index in [1.807, 2.05) is 0 Å². The van der Waals surface area contributed by atoms with Crippen molar-refractivity contribution in [2.45, 2.75) is 17.8 Å². The summed E-state index contributed by atoms with van der Waals surface area (Å²) < 4.78 is 17.6. The number of aromatic nitrogens is 1. The van der Waals surface area contributed by atoms with Crippen LogP contribution in [0.15, 0.2) is 18.2 Å². The number of thiazole rings is 1. The Morgan fingerprint density at radius 1 is 1.33 bits per heavy atom. The lowest BCUT2D eigenvalue weighted by molar-refractivity contribution is -0.182. The number of ether oxygens (including phenoxy) is 3. The van der Waals surface area contributed by atoms with Gasteiger partial charge in [0.2, 0.25) is 11.4 Å². The first kappa shape index (κ1) is 19.0. The molecule has 1 atom stereocenters. The molecule has 4 N–H and O–H groups in total. The lowest BCUT2D eigenvalue weighted by Crippen LogP contribution is -2.36. The number of hydrogen-bond acceptors (Lipinski definition) is 8. The maximum atomic E-state index is 11.8. The predicted molar refractivity (Wildman–Crippen MR) is 105 cm³/mol. The minimum absolute atomic E-state index is 0.0956. The number of fused-ring (bicyclic) bond motifs is 4. The van der Waals surface area contributed by atoms with E-state index < -0.39 is 23.2 Å². The number of amides is 2. The van der Waals surface area contributed by atoms with E-state index in [0.717, 1.165) is 11.3 Å². The number of nitrogens with zero attached hydrogens (tertiary/aromatic N) is 1. The first-order valence-corrected chi connectivity index (χ1v) is 10.1. The Bertz CT molecular complexity index is 1130. The summed E-state index contributed by atoms with van der Waals surface area (Å²) in [6, 6.07) is 5.17. The van der Waals surface area contributed by atoms with E-state index in [1.165, 1.54) is 0 Å². The molecule has 1 aromatic carbocycles. The Morgan fingerprint density at radius 2 is 2.13 bits per heavy atom. The van der Waals surface area contributed by atoms with Gasteiger partial charge in [0.15, 0.2) is 5.01 Å². The van der Waals surface area contributed by atoms with Crippen LogP contribution in [0.4, 0.5) is 0 Å². The van der Waals surface area contributed by atoms with Crippen molar-refractivity contribution in [3.05, 3.63) is 33.6 Å². The van der Waals surface area contributed by atoms with E-state index in [4.69, 9.17) is 19.9 Å². The van der Waals surface area contributed by atoms with Crippen molar-refractivity contribution < 1.29 is 28.9 Å². The van der Waals surface area contributed by atoms with Crippen LogP contribution in [0.3, 0.4) is 0 Å². The molecule has 2 saturated heterocycles. The molecule has 154 valence electrons. The van der Waals surface area contributed by atoms with Crippen LogP contribution in [0.5, 0.6) is 5.75 Å². The van der Waals surface area contributed by atoms with Crippen molar-refractivity contribution in [3.8, 4) is 28.8 Å². The van der Waals surface area contributed by atoms with Gasteiger partial charge < -0.3 is 30.4 Å². The van der Waals surface area contributed by atoms with Gasteiger partial charge in [-0.25, -0.2) is 4.98 Å². The average Bonchev–Trinajstić information content (AvgIpc) is 3.43. The Balaban J connectivity index is 1.61. The Labute approximate surface area is 175 Å². The van der Waals surface area contributed by atoms with Crippen molar-refractivity contribution in [1.29, 1.82) is 0 Å². The van der Waals surface area contributed by atoms with Crippen molar-refractivity contribution >= 4 is 23.2 Å². The number of carbonyl (C=O) groups excluding carboxylic acids is 2. The third-order valence-electron chi connectivity index (χ3n) is 5.15. The Hall–Kier alpha value is -2.97. The van der Waals surface area contributed by atoms with Crippen LogP contribution >= 0.6 is 11.3 Å². The van der Waals surface area contributed by atoms with Crippen LogP contribution in [-0.2, 0) is 20.1 Å². The van der Waals surface area contributed by atoms with E-state index in [9.17, 15) is 14.7 Å². The molecular formula is C20H17N3O6S. The second-order valence-corrected chi connectivity index (χ2v) is 8.13. The SMILES string of the molecule is NC(=O)c1nc2c(s1)C1(COc3ccc(C#C[C@]4(O)CCNC4=O)cc3-2)OCCO1. The molecular weight excluding hydrogens is 410 g/mol. The summed E-state index contributed by atoms with van der Waals surface area (Å²) in [5, 5.41) is 13.1. The number of hydrogen-bond donors (Lipinski definition) is 3. The second-order valence-electron chi connectivity index (χ2n) is 7.13. The minimum Gasteiger partial charge on any atom is -0.487 e. The normalized spacial score (nSPS) is 23.6. The lowest BCUT2D eigenvalue weighted by atomic mass is 10.0. The van der Waals surface area contributed by atoms with Crippen LogP contribution < -0.4 is 15.8 Å². The molecule has 1 aromatic heterocycles. The molecule has 9 nitrogen and oxygen atoms in total. The monoisotopic (exact) mass is 427 g/mol. The van der Waals surface area contributed by atoms with E-state index >= 15 is 0 Å². The van der Waals surface area contributed by atoms with Gasteiger partial charge in [0.05, 0.1) is 23.8 Å². The summed E-state index contributed by atoms with van der Waals surface area (Å²) in [5.41, 5.74) is 5.37. The van der Waals surface area contributed by atoms with Crippen LogP contribution in [0, 0.1) is 11.8 Å². The second kappa shape index (κ2) is 6.78. The number of aliphatic hydroxyl groups is 1. The van der Waals surface area contributed by atoms with Crippen LogP contribution in [0.2, 0.25) is 0 Å². The predicted octanol–water partition coefficient (Wildman–Crippen LogP) is 0.103. The van der Waals surface area contributed by atoms with Gasteiger partial charge in [-0.2, -0.15) is 0 Å². The highest BCUT2D eigenvalue weighted by Crippen LogP contribution is 2.47. The third-order valence-corrected chi connectivity index (χ3v) is 6.35. The topological polar surface area (TPSA) is 133 Å². The molecule has 0 saturated carbocycles. The molecule has 3 aliphatic rings. The third kappa shape index (κ3) is 2.95. The number of nitrogens with two attached hydrogens (primary N) is 1. The average molecular weight is 427 g/mol. The van der Waals surface area contributed by atoms with Crippen molar-refractivity contribution in [3.63, 3.8) is 0 Å². The fourth-order valence-corrected chi connectivity index (χ4v) is 4.62. The molecule has 3 aliphatic heterocycles. The van der Waals surface area contributed by atoms with Gasteiger partial charge >= 0.3 is 0 Å². The zero-order valence-corrected chi connectivity index (χ0v) is 16.5. The molecule has 2 aromatic rings. The standard InChI is InChI=1S/C20H17N3O6S/c21-16(24)17-23-14-12-9-11(3-4-19(26)5-6-22-18(19)25)1-2-13(12)27-10-20(15(14)30-17)28-7-8-29-20/h1-2,9,26H,5-8,10H2,(H2,21,24)(H,22,25)/t19-/m0/s1. The fraction of sp³-hybridized carbons (Fsp3) is 0.350. The number of benzene rings is 1. The number of primary amides is 1. The molecule has 4 heterocycles. The largest absolute Gasteiger partial charge is 0.487 e. The fourth-order valence-electron chi connectivity index (χ4n) is 3.60. The van der Waals surface area contributed by atoms with Gasteiger partial charge in [-0.15, -0.1) is 11.3 Å². The molecule has 30 heavy (non-hydrogen) atoms. The summed E-state index contributed by atoms with van der Waals surface area (Å²) >= 11 is 1.11. The summed E-state index contributed by atoms with van der Waals surface area (Å²) in [6.07, 6.45) is 0.224. The maximum Gasteiger partial charge on any atom is 0.277 e. The molecule has 2 amide bonds. The summed E-state index contributed by atoms with van der Waals surface area (Å²) in [4.78, 5) is 28.6. The minimum atomic E-state index is -1.70. The van der Waals surface area contributed by atoms with E-state index in [2.05, 4.69) is 22.1 Å². The Kier molecular flexibility index (Phi) is 4.30. The Morgan fingerprint density at radius 3 is 2.83 bits per heavy atom. The summed E-state index contributed by atoms with van der Waals surface area (Å²) in [6.45, 7) is 1.25. The number of carbonyl (C=O) groups is 2. The summed E-state index contributed by atoms with van der Waals surface area (Å²) in [5.74, 6) is 3.74. The number of rotatable bonds is 1. The molecule has 5 rings (SSSR count). The molecule has 0 aliphatic carbocycles. The van der Waals surface area contributed by atoms with E-state index in [1.54, 1.807) is 18.2 Å². The lowest BCUT2D eigenvalue weighted by Gasteiger charge is -2.24. The number of nitrogens with one attached hydrogen (secondary N) is 1. The van der Waals surface area contributed by atoms with Gasteiger partial charge in [-0.1, -0.05) is 11.8 Å². The highest BCUT2D eigenvalue weighted by Gasteiger charge is 2.46. The maximum absolute atomic E-state index is 11.8. The first-order valence-electron chi connectivity index (χ1n) is 9.30. The van der Waals surface area contributed by atoms with E-state index in [0.29, 0.717) is 47.2 Å². The van der Waals surface area contributed by atoms with Gasteiger partial charge in [0, 0.05) is 24.1 Å². The molecule has 0 bridgehead atoms. The molecule has 0 unspecified atom stereocenters. The van der Waals surface area contributed by atoms with Crippen molar-refractivity contribution in [2.75, 3.05) is 26.4 Å².